The van der Waals surface area contributed by atoms with E-state index < -0.39 is 30.5 Å². The number of rotatable bonds is 7. The predicted octanol–water partition coefficient (Wildman–Crippen LogP) is 6.80. The van der Waals surface area contributed by atoms with E-state index in [2.05, 4.69) is 4.98 Å². The second-order valence-corrected chi connectivity index (χ2v) is 11.3. The Kier molecular flexibility index (Phi) is 6.49. The van der Waals surface area contributed by atoms with E-state index >= 15 is 0 Å². The topological polar surface area (TPSA) is 59.4 Å². The zero-order valence-electron chi connectivity index (χ0n) is 17.6. The van der Waals surface area contributed by atoms with E-state index in [1.807, 2.05) is 32.9 Å². The van der Waals surface area contributed by atoms with Crippen LogP contribution in [0, 0.1) is 24.5 Å². The molecule has 3 aromatic rings. The van der Waals surface area contributed by atoms with Crippen LogP contribution in [0.3, 0.4) is 0 Å². The summed E-state index contributed by atoms with van der Waals surface area (Å²) in [5.41, 5.74) is -0.515. The summed E-state index contributed by atoms with van der Waals surface area (Å²) in [5, 5.41) is 0.899. The predicted molar refractivity (Wildman–Crippen MR) is 117 cm³/mol. The highest BCUT2D eigenvalue weighted by Crippen LogP contribution is 2.62. The summed E-state index contributed by atoms with van der Waals surface area (Å²) < 4.78 is 46.6. The third kappa shape index (κ3) is 4.65. The molecule has 0 bridgehead atoms. The minimum atomic E-state index is -4.21. The lowest BCUT2D eigenvalue weighted by Crippen LogP contribution is -2.30. The molecule has 0 aliphatic heterocycles. The molecule has 2 unspecified atom stereocenters. The van der Waals surface area contributed by atoms with E-state index in [0.29, 0.717) is 10.4 Å². The summed E-state index contributed by atoms with van der Waals surface area (Å²) in [7, 11) is -4.21. The van der Waals surface area contributed by atoms with Crippen LogP contribution in [0.2, 0.25) is 0 Å². The third-order valence-corrected chi connectivity index (χ3v) is 9.08. The quantitative estimate of drug-likeness (QED) is 0.400. The molecule has 2 atom stereocenters. The van der Waals surface area contributed by atoms with Gasteiger partial charge in [-0.25, -0.2) is 13.8 Å². The molecule has 0 aliphatic carbocycles. The Morgan fingerprint density at radius 3 is 2.53 bits per heavy atom. The van der Waals surface area contributed by atoms with Gasteiger partial charge in [0.05, 0.1) is 11.3 Å². The smallest absolute Gasteiger partial charge is 0.324 e. The minimum absolute atomic E-state index is 0.00735. The highest BCUT2D eigenvalue weighted by molar-refractivity contribution is 7.53. The zero-order valence-corrected chi connectivity index (χ0v) is 19.4. The molecule has 1 aromatic carbocycles. The molecule has 30 heavy (non-hydrogen) atoms. The lowest BCUT2D eigenvalue weighted by atomic mass is 9.95. The molecule has 8 heteroatoms. The fourth-order valence-electron chi connectivity index (χ4n) is 3.14. The number of nitrogens with zero attached hydrogens (tertiary/aromatic N) is 1. The highest BCUT2D eigenvalue weighted by atomic mass is 32.1. The number of pyridine rings is 1. The van der Waals surface area contributed by atoms with Crippen molar-refractivity contribution in [2.45, 2.75) is 52.3 Å². The number of aromatic nitrogens is 1. The van der Waals surface area contributed by atoms with Crippen molar-refractivity contribution in [1.82, 2.24) is 4.98 Å². The van der Waals surface area contributed by atoms with Crippen LogP contribution in [0.4, 0.5) is 8.78 Å². The molecule has 3 rings (SSSR count). The fourth-order valence-corrected chi connectivity index (χ4v) is 6.78. The molecule has 162 valence electrons. The number of hydrogen-bond donors (Lipinski definition) is 1. The molecule has 2 heterocycles. The number of benzene rings is 1. The second-order valence-electron chi connectivity index (χ2n) is 8.33. The van der Waals surface area contributed by atoms with Crippen molar-refractivity contribution in [2.75, 3.05) is 0 Å². The normalized spacial score (nSPS) is 15.5. The van der Waals surface area contributed by atoms with Crippen LogP contribution in [-0.2, 0) is 15.5 Å². The van der Waals surface area contributed by atoms with Gasteiger partial charge in [-0.1, -0.05) is 26.0 Å². The molecule has 0 fully saturated rings. The second kappa shape index (κ2) is 8.46. The summed E-state index contributed by atoms with van der Waals surface area (Å²) in [6, 6.07) is 7.25. The maximum atomic E-state index is 13.8. The van der Waals surface area contributed by atoms with Gasteiger partial charge >= 0.3 is 7.60 Å². The van der Waals surface area contributed by atoms with Gasteiger partial charge in [0, 0.05) is 16.5 Å². The van der Waals surface area contributed by atoms with Gasteiger partial charge in [0.2, 0.25) is 0 Å². The van der Waals surface area contributed by atoms with Crippen LogP contribution in [0.1, 0.15) is 49.4 Å². The summed E-state index contributed by atoms with van der Waals surface area (Å²) in [5.74, 6) is -1.95. The molecular formula is C22H26F2NO3PS. The molecule has 0 spiro atoms. The first-order valence-corrected chi connectivity index (χ1v) is 12.2. The van der Waals surface area contributed by atoms with E-state index in [-0.39, 0.29) is 12.3 Å². The lowest BCUT2D eigenvalue weighted by Gasteiger charge is -2.34. The van der Waals surface area contributed by atoms with Crippen molar-refractivity contribution in [3.63, 3.8) is 0 Å². The van der Waals surface area contributed by atoms with Crippen LogP contribution in [0.5, 0.6) is 0 Å². The maximum Gasteiger partial charge on any atom is 0.337 e. The maximum absolute atomic E-state index is 13.8. The van der Waals surface area contributed by atoms with Gasteiger partial charge < -0.3 is 9.42 Å². The first-order valence-electron chi connectivity index (χ1n) is 9.73. The Balaban J connectivity index is 2.11. The first-order chi connectivity index (χ1) is 13.9. The Hall–Kier alpha value is -1.66. The Morgan fingerprint density at radius 2 is 1.93 bits per heavy atom. The van der Waals surface area contributed by atoms with Gasteiger partial charge in [0.25, 0.3) is 0 Å². The number of halogens is 2. The molecule has 0 saturated heterocycles. The van der Waals surface area contributed by atoms with Crippen LogP contribution < -0.4 is 0 Å². The molecule has 0 amide bonds. The monoisotopic (exact) mass is 453 g/mol. The Labute approximate surface area is 179 Å². The van der Waals surface area contributed by atoms with Gasteiger partial charge in [0.15, 0.2) is 11.6 Å². The molecule has 0 radical (unpaired) electrons. The van der Waals surface area contributed by atoms with Crippen molar-refractivity contribution < 1.29 is 22.8 Å². The average Bonchev–Trinajstić information content (AvgIpc) is 2.98. The van der Waals surface area contributed by atoms with Gasteiger partial charge in [-0.3, -0.25) is 4.57 Å². The average molecular weight is 453 g/mol. The molecule has 0 aliphatic rings. The van der Waals surface area contributed by atoms with Crippen molar-refractivity contribution in [1.29, 1.82) is 0 Å². The van der Waals surface area contributed by atoms with Crippen molar-refractivity contribution in [3.05, 3.63) is 64.2 Å². The van der Waals surface area contributed by atoms with Crippen molar-refractivity contribution >= 4 is 29.1 Å². The summed E-state index contributed by atoms with van der Waals surface area (Å²) in [6.45, 7) is 9.25. The van der Waals surface area contributed by atoms with E-state index in [1.54, 1.807) is 20.0 Å². The van der Waals surface area contributed by atoms with Crippen molar-refractivity contribution in [2.24, 2.45) is 5.92 Å². The van der Waals surface area contributed by atoms with Crippen molar-refractivity contribution in [3.8, 4) is 0 Å². The van der Waals surface area contributed by atoms with E-state index in [9.17, 15) is 18.2 Å². The molecule has 4 nitrogen and oxygen atoms in total. The fraction of sp³-hybridized carbons (Fsp3) is 0.409. The Morgan fingerprint density at radius 1 is 1.23 bits per heavy atom. The highest BCUT2D eigenvalue weighted by Gasteiger charge is 2.42. The van der Waals surface area contributed by atoms with Gasteiger partial charge in [-0.05, 0) is 62.4 Å². The van der Waals surface area contributed by atoms with Gasteiger partial charge in [-0.15, -0.1) is 11.3 Å². The summed E-state index contributed by atoms with van der Waals surface area (Å²) >= 11 is 1.33. The first kappa shape index (κ1) is 23.0. The largest absolute Gasteiger partial charge is 0.337 e. The standard InChI is InChI=1S/C22H26F2NO3PS/c1-13(2)22(4,5)28-29(26,27)19(12-15-8-9-17(23)18(24)11-15)20-14(3)16-7-6-10-25-21(16)30-20/h6-11,13,19H,12H2,1-5H3,(H,26,27). The molecule has 1 N–H and O–H groups in total. The van der Waals surface area contributed by atoms with E-state index in [1.165, 1.54) is 17.4 Å². The molecule has 0 saturated carbocycles. The van der Waals surface area contributed by atoms with Gasteiger partial charge in [-0.2, -0.15) is 0 Å². The Bertz CT molecular complexity index is 1110. The van der Waals surface area contributed by atoms with Crippen LogP contribution in [0.25, 0.3) is 10.2 Å². The molecular weight excluding hydrogens is 427 g/mol. The molecule has 2 aromatic heterocycles. The number of fused-ring (bicyclic) bond motifs is 1. The van der Waals surface area contributed by atoms with Crippen LogP contribution in [-0.4, -0.2) is 15.5 Å². The number of thiophene rings is 1. The number of hydrogen-bond acceptors (Lipinski definition) is 4. The van der Waals surface area contributed by atoms with Gasteiger partial charge in [0.1, 0.15) is 4.83 Å². The SMILES string of the molecule is Cc1c(C(Cc2ccc(F)c(F)c2)P(=O)(O)OC(C)(C)C(C)C)sc2ncccc12. The zero-order chi connectivity index (χ0) is 22.3. The van der Waals surface area contributed by atoms with E-state index in [4.69, 9.17) is 4.52 Å². The number of aryl methyl sites for hydroxylation is 1. The van der Waals surface area contributed by atoms with E-state index in [0.717, 1.165) is 27.9 Å². The van der Waals surface area contributed by atoms with Crippen LogP contribution in [0.15, 0.2) is 36.5 Å². The minimum Gasteiger partial charge on any atom is -0.324 e. The van der Waals surface area contributed by atoms with Crippen LogP contribution >= 0.6 is 18.9 Å². The summed E-state index contributed by atoms with van der Waals surface area (Å²) in [6.07, 6.45) is 1.70. The third-order valence-electron chi connectivity index (χ3n) is 5.62. The lowest BCUT2D eigenvalue weighted by molar-refractivity contribution is 0.0449. The summed E-state index contributed by atoms with van der Waals surface area (Å²) in [4.78, 5) is 16.9.